The molecule has 0 fully saturated rings. The van der Waals surface area contributed by atoms with Crippen molar-refractivity contribution in [1.29, 1.82) is 0 Å². The van der Waals surface area contributed by atoms with Crippen LogP contribution < -0.4 is 4.90 Å². The molecule has 0 saturated carbocycles. The molecule has 4 rings (SSSR count). The van der Waals surface area contributed by atoms with E-state index in [0.717, 1.165) is 17.1 Å². The van der Waals surface area contributed by atoms with E-state index in [2.05, 4.69) is 29.2 Å². The van der Waals surface area contributed by atoms with Gasteiger partial charge in [-0.05, 0) is 42.0 Å². The second kappa shape index (κ2) is 8.55. The van der Waals surface area contributed by atoms with Crippen molar-refractivity contribution in [3.05, 3.63) is 126 Å². The number of carbonyl (C=O) groups is 1. The molecule has 4 aromatic rings. The molecule has 0 radical (unpaired) electrons. The molecule has 0 spiro atoms. The number of hydrogen-bond acceptors (Lipinski definition) is 3. The third kappa shape index (κ3) is 4.10. The topological polar surface area (TPSA) is 40.5 Å². The minimum atomic E-state index is -1.19. The number of benzene rings is 4. The van der Waals surface area contributed by atoms with E-state index < -0.39 is 6.10 Å². The number of anilines is 3. The second-order valence-corrected chi connectivity index (χ2v) is 6.73. The van der Waals surface area contributed by atoms with Crippen LogP contribution in [-0.2, 0) is 0 Å². The van der Waals surface area contributed by atoms with Crippen LogP contribution in [0.1, 0.15) is 22.0 Å². The van der Waals surface area contributed by atoms with E-state index in [4.69, 9.17) is 0 Å². The highest BCUT2D eigenvalue weighted by atomic mass is 16.3. The summed E-state index contributed by atoms with van der Waals surface area (Å²) in [6.45, 7) is 0. The van der Waals surface area contributed by atoms with E-state index in [1.54, 1.807) is 36.4 Å². The number of hydrogen-bond donors (Lipinski definition) is 1. The molecule has 0 bridgehead atoms. The Bertz CT molecular complexity index is 1020. The zero-order chi connectivity index (χ0) is 20.1. The van der Waals surface area contributed by atoms with Gasteiger partial charge in [0.1, 0.15) is 6.10 Å². The number of aliphatic hydroxyl groups is 1. The van der Waals surface area contributed by atoms with Gasteiger partial charge in [-0.15, -0.1) is 0 Å². The first-order valence-corrected chi connectivity index (χ1v) is 9.51. The molecule has 4 aromatic carbocycles. The van der Waals surface area contributed by atoms with Crippen LogP contribution in [0.15, 0.2) is 115 Å². The van der Waals surface area contributed by atoms with Gasteiger partial charge in [0.15, 0.2) is 5.78 Å². The van der Waals surface area contributed by atoms with Crippen molar-refractivity contribution >= 4 is 22.8 Å². The van der Waals surface area contributed by atoms with Crippen LogP contribution >= 0.6 is 0 Å². The summed E-state index contributed by atoms with van der Waals surface area (Å²) in [5.41, 5.74) is 4.09. The number of rotatable bonds is 6. The molecule has 1 N–H and O–H groups in total. The lowest BCUT2D eigenvalue weighted by Gasteiger charge is -2.25. The molecule has 3 heteroatoms. The van der Waals surface area contributed by atoms with Gasteiger partial charge >= 0.3 is 0 Å². The van der Waals surface area contributed by atoms with Crippen LogP contribution in [0.3, 0.4) is 0 Å². The summed E-state index contributed by atoms with van der Waals surface area (Å²) in [5.74, 6) is -0.304. The number of ketones is 1. The quantitative estimate of drug-likeness (QED) is 0.413. The lowest BCUT2D eigenvalue weighted by molar-refractivity contribution is 0.0747. The zero-order valence-corrected chi connectivity index (χ0v) is 15.8. The Morgan fingerprint density at radius 3 is 1.48 bits per heavy atom. The van der Waals surface area contributed by atoms with Crippen LogP contribution in [-0.4, -0.2) is 10.9 Å². The Hall–Kier alpha value is -3.69. The van der Waals surface area contributed by atoms with Gasteiger partial charge in [-0.2, -0.15) is 0 Å². The Balaban J connectivity index is 1.65. The second-order valence-electron chi connectivity index (χ2n) is 6.73. The Kier molecular flexibility index (Phi) is 5.50. The molecule has 0 aliphatic heterocycles. The molecular weight excluding hydrogens is 358 g/mol. The molecule has 0 aliphatic rings. The normalized spacial score (nSPS) is 11.6. The van der Waals surface area contributed by atoms with E-state index in [9.17, 15) is 9.90 Å². The number of para-hydroxylation sites is 2. The van der Waals surface area contributed by atoms with Crippen molar-refractivity contribution < 1.29 is 9.90 Å². The van der Waals surface area contributed by atoms with Crippen molar-refractivity contribution in [1.82, 2.24) is 0 Å². The van der Waals surface area contributed by atoms with Gasteiger partial charge in [-0.25, -0.2) is 0 Å². The van der Waals surface area contributed by atoms with E-state index in [1.165, 1.54) is 0 Å². The van der Waals surface area contributed by atoms with Crippen molar-refractivity contribution in [3.63, 3.8) is 0 Å². The predicted molar refractivity (Wildman–Crippen MR) is 117 cm³/mol. The smallest absolute Gasteiger partial charge is 0.195 e. The lowest BCUT2D eigenvalue weighted by Crippen LogP contribution is -2.13. The Morgan fingerprint density at radius 2 is 1.00 bits per heavy atom. The van der Waals surface area contributed by atoms with Gasteiger partial charge in [-0.1, -0.05) is 78.9 Å². The third-order valence-electron chi connectivity index (χ3n) is 4.80. The molecular formula is C26H21NO2. The maximum absolute atomic E-state index is 12.5. The fourth-order valence-corrected chi connectivity index (χ4v) is 3.32. The van der Waals surface area contributed by atoms with Crippen LogP contribution in [0.4, 0.5) is 17.1 Å². The summed E-state index contributed by atoms with van der Waals surface area (Å²) >= 11 is 0. The highest BCUT2D eigenvalue weighted by molar-refractivity contribution is 5.99. The predicted octanol–water partition coefficient (Wildman–Crippen LogP) is 6.07. The van der Waals surface area contributed by atoms with Crippen LogP contribution in [0.25, 0.3) is 0 Å². The minimum Gasteiger partial charge on any atom is -0.380 e. The average molecular weight is 379 g/mol. The van der Waals surface area contributed by atoms with Crippen LogP contribution in [0.2, 0.25) is 0 Å². The SMILES string of the molecule is O=C(c1ccccc1)C(O)c1ccc(N(c2ccccc2)c2ccccc2)cc1. The molecule has 0 amide bonds. The first kappa shape index (κ1) is 18.7. The maximum Gasteiger partial charge on any atom is 0.195 e. The number of Topliss-reactive ketones (excluding diaryl/α,β-unsaturated/α-hetero) is 1. The maximum atomic E-state index is 12.5. The lowest BCUT2D eigenvalue weighted by atomic mass is 9.99. The fraction of sp³-hybridized carbons (Fsp3) is 0.0385. The van der Waals surface area contributed by atoms with Crippen molar-refractivity contribution in [2.75, 3.05) is 4.90 Å². The van der Waals surface area contributed by atoms with Crippen LogP contribution in [0.5, 0.6) is 0 Å². The van der Waals surface area contributed by atoms with E-state index in [-0.39, 0.29) is 5.78 Å². The van der Waals surface area contributed by atoms with E-state index >= 15 is 0 Å². The molecule has 0 heterocycles. The number of nitrogens with zero attached hydrogens (tertiary/aromatic N) is 1. The molecule has 142 valence electrons. The standard InChI is InChI=1S/C26H21NO2/c28-25(20-10-4-1-5-11-20)26(29)21-16-18-24(19-17-21)27(22-12-6-2-7-13-22)23-14-8-3-9-15-23/h1-19,26,29H. The average Bonchev–Trinajstić information content (AvgIpc) is 2.81. The highest BCUT2D eigenvalue weighted by Gasteiger charge is 2.19. The molecule has 0 aromatic heterocycles. The van der Waals surface area contributed by atoms with Gasteiger partial charge in [0.05, 0.1) is 0 Å². The van der Waals surface area contributed by atoms with Gasteiger partial charge in [0.2, 0.25) is 0 Å². The Morgan fingerprint density at radius 1 is 0.586 bits per heavy atom. The summed E-state index contributed by atoms with van der Waals surface area (Å²) in [7, 11) is 0. The minimum absolute atomic E-state index is 0.304. The van der Waals surface area contributed by atoms with Gasteiger partial charge in [0, 0.05) is 22.6 Å². The van der Waals surface area contributed by atoms with Crippen molar-refractivity contribution in [2.24, 2.45) is 0 Å². The van der Waals surface area contributed by atoms with E-state index in [1.807, 2.05) is 54.6 Å². The van der Waals surface area contributed by atoms with E-state index in [0.29, 0.717) is 11.1 Å². The molecule has 0 saturated heterocycles. The summed E-state index contributed by atoms with van der Waals surface area (Å²) in [4.78, 5) is 14.7. The fourth-order valence-electron chi connectivity index (χ4n) is 3.32. The number of carbonyl (C=O) groups excluding carboxylic acids is 1. The van der Waals surface area contributed by atoms with Gasteiger partial charge < -0.3 is 10.0 Å². The zero-order valence-electron chi connectivity index (χ0n) is 15.8. The molecule has 0 aliphatic carbocycles. The van der Waals surface area contributed by atoms with Crippen LogP contribution in [0, 0.1) is 0 Å². The third-order valence-corrected chi connectivity index (χ3v) is 4.80. The summed E-state index contributed by atoms with van der Waals surface area (Å²) in [5, 5.41) is 10.5. The first-order valence-electron chi connectivity index (χ1n) is 9.51. The Labute approximate surface area is 170 Å². The summed E-state index contributed by atoms with van der Waals surface area (Å²) < 4.78 is 0. The summed E-state index contributed by atoms with van der Waals surface area (Å²) in [6.07, 6.45) is -1.19. The van der Waals surface area contributed by atoms with Gasteiger partial charge in [0.25, 0.3) is 0 Å². The molecule has 29 heavy (non-hydrogen) atoms. The highest BCUT2D eigenvalue weighted by Crippen LogP contribution is 2.34. The summed E-state index contributed by atoms with van der Waals surface area (Å²) in [6, 6.07) is 36.5. The first-order chi connectivity index (χ1) is 14.2. The molecule has 3 nitrogen and oxygen atoms in total. The monoisotopic (exact) mass is 379 g/mol. The molecule has 1 unspecified atom stereocenters. The van der Waals surface area contributed by atoms with Crippen molar-refractivity contribution in [3.8, 4) is 0 Å². The van der Waals surface area contributed by atoms with Crippen molar-refractivity contribution in [2.45, 2.75) is 6.10 Å². The largest absolute Gasteiger partial charge is 0.380 e. The molecule has 1 atom stereocenters. The van der Waals surface area contributed by atoms with Gasteiger partial charge in [-0.3, -0.25) is 4.79 Å². The number of aliphatic hydroxyl groups excluding tert-OH is 1.